The van der Waals surface area contributed by atoms with Crippen molar-refractivity contribution < 1.29 is 14.8 Å². The van der Waals surface area contributed by atoms with Crippen LogP contribution in [0, 0.1) is 15.5 Å². The van der Waals surface area contributed by atoms with Gasteiger partial charge in [0, 0.05) is 25.3 Å². The highest BCUT2D eigenvalue weighted by atomic mass is 16.6. The summed E-state index contributed by atoms with van der Waals surface area (Å²) in [6, 6.07) is 6.09. The molecule has 1 amide bonds. The second-order valence-electron chi connectivity index (χ2n) is 5.87. The lowest BCUT2D eigenvalue weighted by molar-refractivity contribution is -0.384. The topological polar surface area (TPSA) is 92.5 Å². The summed E-state index contributed by atoms with van der Waals surface area (Å²) in [4.78, 5) is 22.1. The van der Waals surface area contributed by atoms with E-state index in [0.717, 1.165) is 6.42 Å². The molecule has 1 rings (SSSR count). The zero-order valence-corrected chi connectivity index (χ0v) is 12.5. The van der Waals surface area contributed by atoms with Crippen molar-refractivity contribution in [3.8, 4) is 0 Å². The quantitative estimate of drug-likeness (QED) is 0.567. The standard InChI is InChI=1S/C15H22N2O4/c1-15(2,7-4-8-18)11-16-14(19)10-12-5-3-6-13(9-12)17(20)21/h3,5-6,9,18H,4,7-8,10-11H2,1-2H3,(H,16,19). The molecule has 0 heterocycles. The van der Waals surface area contributed by atoms with Crippen molar-refractivity contribution in [2.75, 3.05) is 13.2 Å². The van der Waals surface area contributed by atoms with Crippen LogP contribution in [-0.4, -0.2) is 29.1 Å². The lowest BCUT2D eigenvalue weighted by Gasteiger charge is -2.24. The van der Waals surface area contributed by atoms with Crippen LogP contribution in [0.2, 0.25) is 0 Å². The molecular formula is C15H22N2O4. The van der Waals surface area contributed by atoms with E-state index in [1.54, 1.807) is 12.1 Å². The highest BCUT2D eigenvalue weighted by Gasteiger charge is 2.18. The van der Waals surface area contributed by atoms with Gasteiger partial charge in [0.15, 0.2) is 0 Å². The molecule has 0 unspecified atom stereocenters. The minimum atomic E-state index is -0.473. The first-order valence-electron chi connectivity index (χ1n) is 6.95. The first-order valence-corrected chi connectivity index (χ1v) is 6.95. The van der Waals surface area contributed by atoms with E-state index in [-0.39, 0.29) is 30.0 Å². The summed E-state index contributed by atoms with van der Waals surface area (Å²) < 4.78 is 0. The number of benzene rings is 1. The van der Waals surface area contributed by atoms with Crippen LogP contribution in [0.25, 0.3) is 0 Å². The second kappa shape index (κ2) is 7.73. The van der Waals surface area contributed by atoms with Crippen molar-refractivity contribution in [1.29, 1.82) is 0 Å². The number of amides is 1. The number of hydrogen-bond donors (Lipinski definition) is 2. The Labute approximate surface area is 124 Å². The first kappa shape index (κ1) is 17.1. The van der Waals surface area contributed by atoms with Crippen molar-refractivity contribution in [1.82, 2.24) is 5.32 Å². The molecule has 0 atom stereocenters. The van der Waals surface area contributed by atoms with Gasteiger partial charge in [-0.05, 0) is 23.8 Å². The Balaban J connectivity index is 2.50. The Kier molecular flexibility index (Phi) is 6.30. The van der Waals surface area contributed by atoms with Crippen molar-refractivity contribution in [3.63, 3.8) is 0 Å². The van der Waals surface area contributed by atoms with Gasteiger partial charge in [-0.25, -0.2) is 0 Å². The third-order valence-electron chi connectivity index (χ3n) is 3.26. The number of non-ortho nitro benzene ring substituents is 1. The Hall–Kier alpha value is -1.95. The molecule has 0 aliphatic rings. The van der Waals surface area contributed by atoms with Crippen LogP contribution in [0.3, 0.4) is 0 Å². The Bertz CT molecular complexity index is 500. The molecule has 0 saturated carbocycles. The highest BCUT2D eigenvalue weighted by molar-refractivity contribution is 5.78. The predicted octanol–water partition coefficient (Wildman–Crippen LogP) is 2.05. The normalized spacial score (nSPS) is 11.2. The van der Waals surface area contributed by atoms with E-state index in [1.807, 2.05) is 13.8 Å². The van der Waals surface area contributed by atoms with E-state index in [0.29, 0.717) is 18.5 Å². The molecule has 6 nitrogen and oxygen atoms in total. The van der Waals surface area contributed by atoms with Crippen molar-refractivity contribution in [2.45, 2.75) is 33.1 Å². The monoisotopic (exact) mass is 294 g/mol. The lowest BCUT2D eigenvalue weighted by Crippen LogP contribution is -2.35. The largest absolute Gasteiger partial charge is 0.396 e. The van der Waals surface area contributed by atoms with Crippen LogP contribution in [0.1, 0.15) is 32.3 Å². The summed E-state index contributed by atoms with van der Waals surface area (Å²) >= 11 is 0. The van der Waals surface area contributed by atoms with Crippen LogP contribution in [0.5, 0.6) is 0 Å². The van der Waals surface area contributed by atoms with Gasteiger partial charge in [0.25, 0.3) is 5.69 Å². The van der Waals surface area contributed by atoms with Crippen LogP contribution in [0.4, 0.5) is 5.69 Å². The fourth-order valence-electron chi connectivity index (χ4n) is 2.01. The molecular weight excluding hydrogens is 272 g/mol. The first-order chi connectivity index (χ1) is 9.84. The number of aliphatic hydroxyl groups is 1. The number of rotatable bonds is 8. The zero-order chi connectivity index (χ0) is 15.9. The SMILES string of the molecule is CC(C)(CCCO)CNC(=O)Cc1cccc([N+](=O)[O-])c1. The van der Waals surface area contributed by atoms with Crippen LogP contribution < -0.4 is 5.32 Å². The lowest BCUT2D eigenvalue weighted by atomic mass is 9.88. The van der Waals surface area contributed by atoms with Gasteiger partial charge >= 0.3 is 0 Å². The summed E-state index contributed by atoms with van der Waals surface area (Å²) in [5.74, 6) is -0.160. The fraction of sp³-hybridized carbons (Fsp3) is 0.533. The predicted molar refractivity (Wildman–Crippen MR) is 79.9 cm³/mol. The third kappa shape index (κ3) is 6.35. The van der Waals surface area contributed by atoms with Gasteiger partial charge in [-0.2, -0.15) is 0 Å². The Morgan fingerprint density at radius 3 is 2.76 bits per heavy atom. The van der Waals surface area contributed by atoms with Gasteiger partial charge in [0.1, 0.15) is 0 Å². The van der Waals surface area contributed by atoms with E-state index in [4.69, 9.17) is 5.11 Å². The fourth-order valence-corrected chi connectivity index (χ4v) is 2.01. The van der Waals surface area contributed by atoms with Gasteiger partial charge in [-0.1, -0.05) is 26.0 Å². The molecule has 1 aromatic carbocycles. The van der Waals surface area contributed by atoms with Crippen LogP contribution in [0.15, 0.2) is 24.3 Å². The summed E-state index contributed by atoms with van der Waals surface area (Å²) in [6.07, 6.45) is 1.64. The zero-order valence-electron chi connectivity index (χ0n) is 12.5. The average Bonchev–Trinajstić information content (AvgIpc) is 2.43. The molecule has 21 heavy (non-hydrogen) atoms. The van der Waals surface area contributed by atoms with Crippen LogP contribution in [-0.2, 0) is 11.2 Å². The molecule has 1 aromatic rings. The molecule has 6 heteroatoms. The molecule has 0 fully saturated rings. The number of aliphatic hydroxyl groups excluding tert-OH is 1. The van der Waals surface area contributed by atoms with Crippen molar-refractivity contribution in [3.05, 3.63) is 39.9 Å². The summed E-state index contributed by atoms with van der Waals surface area (Å²) in [6.45, 7) is 4.71. The molecule has 0 spiro atoms. The molecule has 2 N–H and O–H groups in total. The van der Waals surface area contributed by atoms with E-state index < -0.39 is 4.92 Å². The number of carbonyl (C=O) groups is 1. The average molecular weight is 294 g/mol. The van der Waals surface area contributed by atoms with E-state index in [9.17, 15) is 14.9 Å². The number of hydrogen-bond acceptors (Lipinski definition) is 4. The molecule has 0 aromatic heterocycles. The van der Waals surface area contributed by atoms with E-state index >= 15 is 0 Å². The third-order valence-corrected chi connectivity index (χ3v) is 3.26. The Morgan fingerprint density at radius 2 is 2.14 bits per heavy atom. The molecule has 0 aliphatic carbocycles. The highest BCUT2D eigenvalue weighted by Crippen LogP contribution is 2.20. The molecule has 0 radical (unpaired) electrons. The van der Waals surface area contributed by atoms with Crippen molar-refractivity contribution in [2.24, 2.45) is 5.41 Å². The Morgan fingerprint density at radius 1 is 1.43 bits per heavy atom. The molecule has 116 valence electrons. The number of nitro groups is 1. The summed E-state index contributed by atoms with van der Waals surface area (Å²) in [5, 5.41) is 22.3. The number of nitrogens with zero attached hydrogens (tertiary/aromatic N) is 1. The van der Waals surface area contributed by atoms with Gasteiger partial charge in [0.05, 0.1) is 11.3 Å². The van der Waals surface area contributed by atoms with Crippen molar-refractivity contribution >= 4 is 11.6 Å². The van der Waals surface area contributed by atoms with Crippen LogP contribution >= 0.6 is 0 Å². The maximum atomic E-state index is 11.9. The summed E-state index contributed by atoms with van der Waals surface area (Å²) in [5.41, 5.74) is 0.527. The van der Waals surface area contributed by atoms with E-state index in [2.05, 4.69) is 5.32 Å². The molecule has 0 bridgehead atoms. The molecule has 0 aliphatic heterocycles. The van der Waals surface area contributed by atoms with E-state index in [1.165, 1.54) is 12.1 Å². The minimum Gasteiger partial charge on any atom is -0.396 e. The molecule has 0 saturated heterocycles. The second-order valence-corrected chi connectivity index (χ2v) is 5.87. The summed E-state index contributed by atoms with van der Waals surface area (Å²) in [7, 11) is 0. The minimum absolute atomic E-state index is 0.0106. The van der Waals surface area contributed by atoms with Gasteiger partial charge in [-0.15, -0.1) is 0 Å². The number of nitrogens with one attached hydrogen (secondary N) is 1. The van der Waals surface area contributed by atoms with Gasteiger partial charge in [-0.3, -0.25) is 14.9 Å². The number of carbonyl (C=O) groups excluding carboxylic acids is 1. The maximum absolute atomic E-state index is 11.9. The number of nitro benzene ring substituents is 1. The maximum Gasteiger partial charge on any atom is 0.269 e. The van der Waals surface area contributed by atoms with Gasteiger partial charge < -0.3 is 10.4 Å². The van der Waals surface area contributed by atoms with Gasteiger partial charge in [0.2, 0.25) is 5.91 Å². The smallest absolute Gasteiger partial charge is 0.269 e.